The van der Waals surface area contributed by atoms with Crippen LogP contribution in [0.25, 0.3) is 21.8 Å². The van der Waals surface area contributed by atoms with Gasteiger partial charge in [0.1, 0.15) is 51.3 Å². The Morgan fingerprint density at radius 3 is 1.27 bits per heavy atom. The highest BCUT2D eigenvalue weighted by atomic mass is 35.6. The highest BCUT2D eigenvalue weighted by Crippen LogP contribution is 2.52. The van der Waals surface area contributed by atoms with E-state index in [2.05, 4.69) is 83.1 Å². The third kappa shape index (κ3) is 13.7. The van der Waals surface area contributed by atoms with Gasteiger partial charge in [0, 0.05) is 48.4 Å². The lowest BCUT2D eigenvalue weighted by Crippen LogP contribution is -2.51. The van der Waals surface area contributed by atoms with Gasteiger partial charge in [0.05, 0.1) is 24.2 Å². The van der Waals surface area contributed by atoms with Crippen LogP contribution in [0.5, 0.6) is 23.0 Å². The van der Waals surface area contributed by atoms with E-state index in [0.717, 1.165) is 22.3 Å². The smallest absolute Gasteiger partial charge is 0.347 e. The van der Waals surface area contributed by atoms with Crippen molar-refractivity contribution in [1.82, 2.24) is 19.8 Å². The van der Waals surface area contributed by atoms with Gasteiger partial charge in [-0.25, -0.2) is 13.6 Å². The molecule has 456 valence electrons. The zero-order valence-corrected chi connectivity index (χ0v) is 56.0. The number of halogens is 5. The lowest BCUT2D eigenvalue weighted by molar-refractivity contribution is -0.152. The number of aliphatic carboxylic acids is 1. The number of pyridine rings is 2. The van der Waals surface area contributed by atoms with Gasteiger partial charge in [0.15, 0.2) is 5.60 Å². The summed E-state index contributed by atoms with van der Waals surface area (Å²) in [7, 11) is -1.47. The van der Waals surface area contributed by atoms with Crippen molar-refractivity contribution in [2.24, 2.45) is 0 Å². The molecule has 0 spiro atoms. The number of amides is 2. The maximum atomic E-state index is 13.7. The number of carboxylic acids is 1. The minimum atomic E-state index is -2.52. The van der Waals surface area contributed by atoms with Crippen molar-refractivity contribution in [2.45, 2.75) is 185 Å². The zero-order valence-electron chi connectivity index (χ0n) is 51.7. The summed E-state index contributed by atoms with van der Waals surface area (Å²) in [5.74, 6) is -0.683. The molecule has 20 heteroatoms. The summed E-state index contributed by atoms with van der Waals surface area (Å²) in [5, 5.41) is 31.3. The van der Waals surface area contributed by atoms with Gasteiger partial charge >= 0.3 is 5.97 Å². The molecule has 2 amide bonds. The average Bonchev–Trinajstić information content (AvgIpc) is 1.45. The molecule has 0 fully saturated rings. The number of carboxylic acid groups (broad SMARTS) is 1. The molecule has 6 aromatic rings. The van der Waals surface area contributed by atoms with Crippen molar-refractivity contribution >= 4 is 91.0 Å². The first-order valence-electron chi connectivity index (χ1n) is 28.5. The fourth-order valence-corrected chi connectivity index (χ4v) is 22.6. The van der Waals surface area contributed by atoms with E-state index >= 15 is 0 Å². The first kappa shape index (κ1) is 67.6. The Balaban J connectivity index is 0.000000240. The molecular weight excluding hydrogens is 1170 g/mol. The molecule has 4 aromatic carbocycles. The van der Waals surface area contributed by atoms with E-state index in [9.17, 15) is 33.4 Å². The van der Waals surface area contributed by atoms with Crippen molar-refractivity contribution in [1.29, 1.82) is 0 Å². The fourth-order valence-electron chi connectivity index (χ4n) is 12.1. The molecule has 0 atom stereocenters. The summed E-state index contributed by atoms with van der Waals surface area (Å²) < 4.78 is 45.8. The Morgan fingerprint density at radius 2 is 0.929 bits per heavy atom. The van der Waals surface area contributed by atoms with Crippen molar-refractivity contribution in [3.63, 3.8) is 0 Å². The van der Waals surface area contributed by atoms with E-state index in [1.165, 1.54) is 52.0 Å². The molecule has 0 radical (unpaired) electrons. The van der Waals surface area contributed by atoms with Gasteiger partial charge in [-0.2, -0.15) is 0 Å². The number of alkyl halides is 3. The van der Waals surface area contributed by atoms with Gasteiger partial charge in [0.2, 0.25) is 3.79 Å². The SMILES string of the molecule is CC(C)(O)C(Cl)(Cl)Cl.CC(C)[Si](Oc1c2c(c(O)c3cc(Cc4ccc(F)cc4)cnc13)CN(C)C2=O)(C(C)C)C(C)C.CC(C)[Si](Oc1c2c(c(OC(C)(C)C(=O)O)c3cc(Cc4ccc(F)cc4)cnc13)CN(C)C2=O)(C(C)C)C(C)C. The van der Waals surface area contributed by atoms with Crippen molar-refractivity contribution in [2.75, 3.05) is 14.1 Å². The van der Waals surface area contributed by atoms with Crippen molar-refractivity contribution in [3.8, 4) is 23.0 Å². The first-order valence-corrected chi connectivity index (χ1v) is 34.0. The van der Waals surface area contributed by atoms with Crippen LogP contribution in [-0.2, 0) is 30.7 Å². The number of hydrogen-bond acceptors (Lipinski definition) is 10. The van der Waals surface area contributed by atoms with E-state index in [1.54, 1.807) is 60.6 Å². The van der Waals surface area contributed by atoms with Crippen molar-refractivity contribution < 1.29 is 52.1 Å². The molecular formula is C64H83Cl3F2N4O9Si2. The Labute approximate surface area is 511 Å². The van der Waals surface area contributed by atoms with Crippen LogP contribution in [0.2, 0.25) is 33.2 Å². The normalized spacial score (nSPS) is 14.0. The number of phenolic OH excluding ortho intramolecular Hbond substituents is 1. The van der Waals surface area contributed by atoms with Gasteiger partial charge in [-0.1, -0.05) is 142 Å². The fraction of sp³-hybridized carbons (Fsp3) is 0.484. The predicted octanol–water partition coefficient (Wildman–Crippen LogP) is 16.3. The summed E-state index contributed by atoms with van der Waals surface area (Å²) in [4.78, 5) is 51.9. The highest BCUT2D eigenvalue weighted by Gasteiger charge is 2.51. The Morgan fingerprint density at radius 1 is 0.595 bits per heavy atom. The molecule has 2 aliphatic rings. The van der Waals surface area contributed by atoms with E-state index in [4.69, 9.17) is 63.5 Å². The molecule has 0 saturated heterocycles. The minimum absolute atomic E-state index is 0.0828. The molecule has 0 bridgehead atoms. The van der Waals surface area contributed by atoms with E-state index in [-0.39, 0.29) is 52.4 Å². The number of carbonyl (C=O) groups excluding carboxylic acids is 2. The summed E-state index contributed by atoms with van der Waals surface area (Å²) in [5.41, 5.74) is 5.49. The van der Waals surface area contributed by atoms with Crippen LogP contribution in [0.1, 0.15) is 165 Å². The van der Waals surface area contributed by atoms with E-state index in [1.807, 2.05) is 12.1 Å². The van der Waals surface area contributed by atoms with E-state index in [0.29, 0.717) is 97.3 Å². The van der Waals surface area contributed by atoms with Gasteiger partial charge in [-0.05, 0) is 132 Å². The third-order valence-electron chi connectivity index (χ3n) is 16.5. The van der Waals surface area contributed by atoms with Gasteiger partial charge in [-0.3, -0.25) is 19.6 Å². The Bertz CT molecular complexity index is 3350. The summed E-state index contributed by atoms with van der Waals surface area (Å²) in [6.07, 6.45) is 4.54. The molecule has 0 unspecified atom stereocenters. The number of ether oxygens (including phenoxy) is 1. The lowest BCUT2D eigenvalue weighted by Gasteiger charge is -2.42. The number of carbonyl (C=O) groups is 3. The molecule has 2 aromatic heterocycles. The standard InChI is InChI=1S/C32H41FN2O5Si.C28H35FN2O3Si.C4H7Cl3O/c1-18(2)41(19(3)4,20(5)6)40-29-26-25(17-35(9)30(26)36)28(39-32(7,8)31(37)38)24-15-22(16-34-27(24)29)14-21-10-12-23(33)13-11-21;1-16(2)35(17(3)4,18(5)6)34-27-24-23(15-31(7)28(24)33)26(32)22-13-20(14-30-25(22)27)12-19-8-10-21(29)11-9-19;1-3(2,8)4(5,6)7/h10-13,15-16,18-20H,14,17H2,1-9H3,(H,37,38);8-11,13-14,16-18,32H,12,15H2,1-7H3;8H,1-2H3. The number of aliphatic hydroxyl groups is 1. The number of hydrogen-bond donors (Lipinski definition) is 3. The number of aromatic nitrogens is 2. The van der Waals surface area contributed by atoms with E-state index < -0.39 is 37.6 Å². The van der Waals surface area contributed by atoms with Gasteiger partial charge in [0.25, 0.3) is 28.4 Å². The quantitative estimate of drug-likeness (QED) is 0.0586. The van der Waals surface area contributed by atoms with Crippen LogP contribution in [-0.4, -0.2) is 98.6 Å². The number of benzene rings is 4. The second kappa shape index (κ2) is 25.8. The molecule has 2 aliphatic heterocycles. The molecule has 8 rings (SSSR count). The third-order valence-corrected chi connectivity index (χ3v) is 29.9. The molecule has 13 nitrogen and oxygen atoms in total. The van der Waals surface area contributed by atoms with Crippen molar-refractivity contribution in [3.05, 3.63) is 129 Å². The monoisotopic (exact) mass is 1250 g/mol. The number of phenols is 1. The maximum absolute atomic E-state index is 13.7. The average molecular weight is 1250 g/mol. The topological polar surface area (TPSA) is 172 Å². The molecule has 4 heterocycles. The number of rotatable bonds is 17. The largest absolute Gasteiger partial charge is 0.541 e. The second-order valence-corrected chi connectivity index (χ2v) is 38.3. The van der Waals surface area contributed by atoms with Crippen LogP contribution >= 0.6 is 34.8 Å². The predicted molar refractivity (Wildman–Crippen MR) is 337 cm³/mol. The number of nitrogens with zero attached hydrogens (tertiary/aromatic N) is 4. The highest BCUT2D eigenvalue weighted by molar-refractivity contribution is 6.79. The summed E-state index contributed by atoms with van der Waals surface area (Å²) in [6, 6.07) is 16.5. The molecule has 0 aliphatic carbocycles. The molecule has 3 N–H and O–H groups in total. The summed E-state index contributed by atoms with van der Waals surface area (Å²) in [6.45, 7) is 32.8. The first-order chi connectivity index (χ1) is 38.8. The molecule has 84 heavy (non-hydrogen) atoms. The van der Waals surface area contributed by atoms with Gasteiger partial charge in [-0.15, -0.1) is 0 Å². The van der Waals surface area contributed by atoms with Crippen LogP contribution in [0.4, 0.5) is 8.78 Å². The number of aromatic hydroxyl groups is 1. The molecule has 0 saturated carbocycles. The van der Waals surface area contributed by atoms with Crippen LogP contribution in [0.15, 0.2) is 73.1 Å². The number of fused-ring (bicyclic) bond motifs is 4. The van der Waals surface area contributed by atoms with Crippen LogP contribution in [0.3, 0.4) is 0 Å². The van der Waals surface area contributed by atoms with Crippen LogP contribution < -0.4 is 13.6 Å². The minimum Gasteiger partial charge on any atom is -0.541 e. The lowest BCUT2D eigenvalue weighted by atomic mass is 9.99. The second-order valence-electron chi connectivity index (χ2n) is 25.3. The van der Waals surface area contributed by atoms with Gasteiger partial charge < -0.3 is 38.7 Å². The maximum Gasteiger partial charge on any atom is 0.347 e. The zero-order chi connectivity index (χ0) is 63.1. The van der Waals surface area contributed by atoms with Crippen LogP contribution in [0, 0.1) is 11.6 Å². The summed E-state index contributed by atoms with van der Waals surface area (Å²) >= 11 is 15.9. The Kier molecular flexibility index (Phi) is 20.7. The Hall–Kier alpha value is -5.57.